The predicted molar refractivity (Wildman–Crippen MR) is 113 cm³/mol. The standard InChI is InChI=1S/C20H18N4O2S2/c1-27-15-7-5-14(6-8-15)24-11-13(10-18(24)25)19(26)23-20-22-17(12-28-20)16-4-2-3-9-21-16/h2-9,12-13H,10-11H2,1H3,(H,22,23,26). The molecule has 28 heavy (non-hydrogen) atoms. The molecule has 1 saturated heterocycles. The lowest BCUT2D eigenvalue weighted by Gasteiger charge is -2.16. The Labute approximate surface area is 171 Å². The summed E-state index contributed by atoms with van der Waals surface area (Å²) in [4.78, 5) is 36.6. The van der Waals surface area contributed by atoms with Gasteiger partial charge in [-0.3, -0.25) is 14.6 Å². The third-order valence-electron chi connectivity index (χ3n) is 4.54. The van der Waals surface area contributed by atoms with Crippen molar-refractivity contribution in [1.29, 1.82) is 0 Å². The smallest absolute Gasteiger partial charge is 0.231 e. The molecule has 0 saturated carbocycles. The monoisotopic (exact) mass is 410 g/mol. The number of hydrogen-bond donors (Lipinski definition) is 1. The Morgan fingerprint density at radius 2 is 2.04 bits per heavy atom. The van der Waals surface area contributed by atoms with E-state index < -0.39 is 5.92 Å². The van der Waals surface area contributed by atoms with Gasteiger partial charge in [-0.1, -0.05) is 6.07 Å². The average Bonchev–Trinajstić information content (AvgIpc) is 3.35. The highest BCUT2D eigenvalue weighted by Gasteiger charge is 2.35. The number of thiazole rings is 1. The van der Waals surface area contributed by atoms with Crippen LogP contribution in [0.1, 0.15) is 6.42 Å². The van der Waals surface area contributed by atoms with Crippen LogP contribution < -0.4 is 10.2 Å². The van der Waals surface area contributed by atoms with E-state index in [1.165, 1.54) is 11.3 Å². The second kappa shape index (κ2) is 8.12. The van der Waals surface area contributed by atoms with Crippen LogP contribution in [-0.4, -0.2) is 34.6 Å². The molecule has 0 bridgehead atoms. The normalized spacial score (nSPS) is 16.4. The molecule has 1 atom stereocenters. The summed E-state index contributed by atoms with van der Waals surface area (Å²) < 4.78 is 0. The van der Waals surface area contributed by atoms with Crippen molar-refractivity contribution in [2.24, 2.45) is 5.92 Å². The summed E-state index contributed by atoms with van der Waals surface area (Å²) >= 11 is 3.00. The molecule has 4 rings (SSSR count). The molecule has 1 N–H and O–H groups in total. The van der Waals surface area contributed by atoms with Gasteiger partial charge in [-0.05, 0) is 42.7 Å². The Bertz CT molecular complexity index is 989. The molecule has 1 fully saturated rings. The van der Waals surface area contributed by atoms with Crippen molar-refractivity contribution in [3.05, 3.63) is 54.0 Å². The third kappa shape index (κ3) is 3.93. The molecule has 6 nitrogen and oxygen atoms in total. The zero-order valence-electron chi connectivity index (χ0n) is 15.2. The van der Waals surface area contributed by atoms with Crippen LogP contribution in [0.15, 0.2) is 58.9 Å². The van der Waals surface area contributed by atoms with Crippen LogP contribution in [-0.2, 0) is 9.59 Å². The second-order valence-electron chi connectivity index (χ2n) is 6.35. The van der Waals surface area contributed by atoms with Crippen LogP contribution >= 0.6 is 23.1 Å². The van der Waals surface area contributed by atoms with Gasteiger partial charge in [-0.15, -0.1) is 23.1 Å². The number of thioether (sulfide) groups is 1. The van der Waals surface area contributed by atoms with Crippen molar-refractivity contribution >= 4 is 45.7 Å². The molecule has 2 aromatic heterocycles. The van der Waals surface area contributed by atoms with Crippen LogP contribution in [0.25, 0.3) is 11.4 Å². The molecule has 1 unspecified atom stereocenters. The summed E-state index contributed by atoms with van der Waals surface area (Å²) in [5.74, 6) is -0.612. The number of carbonyl (C=O) groups excluding carboxylic acids is 2. The van der Waals surface area contributed by atoms with Gasteiger partial charge in [0.05, 0.1) is 11.6 Å². The number of benzene rings is 1. The minimum atomic E-state index is -0.394. The van der Waals surface area contributed by atoms with Gasteiger partial charge in [-0.25, -0.2) is 4.98 Å². The van der Waals surface area contributed by atoms with Crippen LogP contribution in [0.2, 0.25) is 0 Å². The van der Waals surface area contributed by atoms with Crippen LogP contribution in [0.4, 0.5) is 10.8 Å². The van der Waals surface area contributed by atoms with E-state index >= 15 is 0 Å². The number of aromatic nitrogens is 2. The molecule has 3 aromatic rings. The summed E-state index contributed by atoms with van der Waals surface area (Å²) in [5.41, 5.74) is 2.30. The molecule has 0 spiro atoms. The Balaban J connectivity index is 1.41. The van der Waals surface area contributed by atoms with E-state index in [9.17, 15) is 9.59 Å². The van der Waals surface area contributed by atoms with E-state index in [1.54, 1.807) is 22.9 Å². The first-order valence-corrected chi connectivity index (χ1v) is 10.9. The molecular weight excluding hydrogens is 392 g/mol. The summed E-state index contributed by atoms with van der Waals surface area (Å²) in [7, 11) is 0. The number of nitrogens with one attached hydrogen (secondary N) is 1. The van der Waals surface area contributed by atoms with E-state index in [1.807, 2.05) is 54.1 Å². The molecule has 0 aliphatic carbocycles. The first kappa shape index (κ1) is 18.6. The van der Waals surface area contributed by atoms with Crippen LogP contribution in [0, 0.1) is 5.92 Å². The number of nitrogens with zero attached hydrogens (tertiary/aromatic N) is 3. The minimum absolute atomic E-state index is 0.0367. The molecule has 1 aliphatic heterocycles. The highest BCUT2D eigenvalue weighted by atomic mass is 32.2. The number of amides is 2. The molecule has 3 heterocycles. The highest BCUT2D eigenvalue weighted by molar-refractivity contribution is 7.98. The van der Waals surface area contributed by atoms with E-state index in [4.69, 9.17) is 0 Å². The lowest BCUT2D eigenvalue weighted by molar-refractivity contribution is -0.122. The van der Waals surface area contributed by atoms with Gasteiger partial charge in [0.25, 0.3) is 0 Å². The van der Waals surface area contributed by atoms with Crippen LogP contribution in [0.5, 0.6) is 0 Å². The maximum absolute atomic E-state index is 12.6. The summed E-state index contributed by atoms with van der Waals surface area (Å²) in [6, 6.07) is 13.4. The number of rotatable bonds is 5. The van der Waals surface area contributed by atoms with Crippen molar-refractivity contribution in [1.82, 2.24) is 9.97 Å². The zero-order chi connectivity index (χ0) is 19.5. The van der Waals surface area contributed by atoms with Crippen molar-refractivity contribution in [2.75, 3.05) is 23.0 Å². The fraction of sp³-hybridized carbons (Fsp3) is 0.200. The molecular formula is C20H18N4O2S2. The van der Waals surface area contributed by atoms with Gasteiger partial charge in [0, 0.05) is 35.1 Å². The van der Waals surface area contributed by atoms with E-state index in [-0.39, 0.29) is 18.2 Å². The Morgan fingerprint density at radius 1 is 1.21 bits per heavy atom. The van der Waals surface area contributed by atoms with Crippen molar-refractivity contribution in [3.63, 3.8) is 0 Å². The van der Waals surface area contributed by atoms with Gasteiger partial charge in [0.1, 0.15) is 5.69 Å². The van der Waals surface area contributed by atoms with Gasteiger partial charge >= 0.3 is 0 Å². The lowest BCUT2D eigenvalue weighted by atomic mass is 10.1. The zero-order valence-corrected chi connectivity index (χ0v) is 16.8. The Kier molecular flexibility index (Phi) is 5.40. The largest absolute Gasteiger partial charge is 0.312 e. The first-order chi connectivity index (χ1) is 13.6. The quantitative estimate of drug-likeness (QED) is 0.645. The molecule has 1 aliphatic rings. The van der Waals surface area contributed by atoms with Crippen molar-refractivity contribution in [3.8, 4) is 11.4 Å². The molecule has 142 valence electrons. The van der Waals surface area contributed by atoms with Crippen molar-refractivity contribution < 1.29 is 9.59 Å². The summed E-state index contributed by atoms with van der Waals surface area (Å²) in [6.45, 7) is 0.377. The molecule has 0 radical (unpaired) electrons. The summed E-state index contributed by atoms with van der Waals surface area (Å²) in [5, 5.41) is 5.22. The lowest BCUT2D eigenvalue weighted by Crippen LogP contribution is -2.28. The number of anilines is 2. The van der Waals surface area contributed by atoms with Gasteiger partial charge in [0.15, 0.2) is 5.13 Å². The predicted octanol–water partition coefficient (Wildman–Crippen LogP) is 3.92. The van der Waals surface area contributed by atoms with E-state index in [0.717, 1.165) is 22.0 Å². The van der Waals surface area contributed by atoms with Crippen LogP contribution in [0.3, 0.4) is 0 Å². The summed E-state index contributed by atoms with van der Waals surface area (Å²) in [6.07, 6.45) is 3.92. The fourth-order valence-electron chi connectivity index (χ4n) is 3.07. The maximum atomic E-state index is 12.6. The van der Waals surface area contributed by atoms with Gasteiger partial charge < -0.3 is 10.2 Å². The topological polar surface area (TPSA) is 75.2 Å². The molecule has 8 heteroatoms. The third-order valence-corrected chi connectivity index (χ3v) is 6.04. The fourth-order valence-corrected chi connectivity index (χ4v) is 4.18. The van der Waals surface area contributed by atoms with Gasteiger partial charge in [-0.2, -0.15) is 0 Å². The molecule has 2 amide bonds. The minimum Gasteiger partial charge on any atom is -0.312 e. The SMILES string of the molecule is CSc1ccc(N2CC(C(=O)Nc3nc(-c4ccccn4)cs3)CC2=O)cc1. The average molecular weight is 411 g/mol. The number of carbonyl (C=O) groups is 2. The van der Waals surface area contributed by atoms with E-state index in [2.05, 4.69) is 15.3 Å². The van der Waals surface area contributed by atoms with Gasteiger partial charge in [0.2, 0.25) is 11.8 Å². The maximum Gasteiger partial charge on any atom is 0.231 e. The van der Waals surface area contributed by atoms with E-state index in [0.29, 0.717) is 11.7 Å². The Morgan fingerprint density at radius 3 is 2.75 bits per heavy atom. The first-order valence-electron chi connectivity index (χ1n) is 8.76. The Hall–Kier alpha value is -2.71. The highest BCUT2D eigenvalue weighted by Crippen LogP contribution is 2.29. The second-order valence-corrected chi connectivity index (χ2v) is 8.08. The van der Waals surface area contributed by atoms with Crippen molar-refractivity contribution in [2.45, 2.75) is 11.3 Å². The molecule has 1 aromatic carbocycles. The number of hydrogen-bond acceptors (Lipinski definition) is 6. The number of pyridine rings is 1.